The average molecular weight is 384 g/mol. The first kappa shape index (κ1) is 18.5. The third-order valence-corrected chi connectivity index (χ3v) is 5.92. The summed E-state index contributed by atoms with van der Waals surface area (Å²) in [6, 6.07) is 9.98. The van der Waals surface area contributed by atoms with Crippen molar-refractivity contribution in [3.05, 3.63) is 63.9 Å². The molecule has 0 radical (unpaired) electrons. The Bertz CT molecular complexity index is 899. The maximum Gasteiger partial charge on any atom is 0.272 e. The van der Waals surface area contributed by atoms with Crippen LogP contribution in [0.1, 0.15) is 33.7 Å². The standard InChI is InChI=1S/C20H21N3OS2/c1-4-9-17-21-14(3)18(26-17)19(24)23(12-5-2)20-22-16(13-25-20)15-10-7-6-8-11-15/h5-8,10-11,13H,2,4,9,12H2,1,3H3. The highest BCUT2D eigenvalue weighted by atomic mass is 32.1. The van der Waals surface area contributed by atoms with Crippen LogP contribution in [0, 0.1) is 6.92 Å². The van der Waals surface area contributed by atoms with E-state index in [9.17, 15) is 4.79 Å². The summed E-state index contributed by atoms with van der Waals surface area (Å²) >= 11 is 2.95. The molecule has 0 bridgehead atoms. The van der Waals surface area contributed by atoms with Crippen molar-refractivity contribution in [1.29, 1.82) is 0 Å². The first-order chi connectivity index (χ1) is 12.6. The van der Waals surface area contributed by atoms with Gasteiger partial charge in [-0.3, -0.25) is 9.69 Å². The first-order valence-corrected chi connectivity index (χ1v) is 10.2. The predicted molar refractivity (Wildman–Crippen MR) is 110 cm³/mol. The molecular weight excluding hydrogens is 362 g/mol. The van der Waals surface area contributed by atoms with Crippen LogP contribution in [0.2, 0.25) is 0 Å². The number of carbonyl (C=O) groups excluding carboxylic acids is 1. The van der Waals surface area contributed by atoms with Crippen LogP contribution in [-0.4, -0.2) is 22.4 Å². The Labute approximate surface area is 161 Å². The fourth-order valence-electron chi connectivity index (χ4n) is 2.60. The van der Waals surface area contributed by atoms with Crippen molar-refractivity contribution in [3.8, 4) is 11.3 Å². The van der Waals surface area contributed by atoms with Crippen molar-refractivity contribution in [2.45, 2.75) is 26.7 Å². The van der Waals surface area contributed by atoms with Crippen LogP contribution in [-0.2, 0) is 6.42 Å². The molecule has 3 rings (SSSR count). The van der Waals surface area contributed by atoms with Crippen LogP contribution in [0.3, 0.4) is 0 Å². The van der Waals surface area contributed by atoms with Gasteiger partial charge in [0.25, 0.3) is 5.91 Å². The Morgan fingerprint density at radius 3 is 2.73 bits per heavy atom. The fraction of sp³-hybridized carbons (Fsp3) is 0.250. The molecule has 0 fully saturated rings. The number of hydrogen-bond acceptors (Lipinski definition) is 5. The maximum atomic E-state index is 13.1. The Morgan fingerprint density at radius 1 is 1.27 bits per heavy atom. The van der Waals surface area contributed by atoms with Crippen molar-refractivity contribution >= 4 is 33.7 Å². The predicted octanol–water partition coefficient (Wildman–Crippen LogP) is 5.36. The zero-order valence-corrected chi connectivity index (χ0v) is 16.6. The van der Waals surface area contributed by atoms with E-state index in [4.69, 9.17) is 0 Å². The van der Waals surface area contributed by atoms with Gasteiger partial charge in [-0.25, -0.2) is 9.97 Å². The van der Waals surface area contributed by atoms with E-state index in [-0.39, 0.29) is 5.91 Å². The molecule has 0 aliphatic heterocycles. The lowest BCUT2D eigenvalue weighted by atomic mass is 10.2. The molecule has 2 aromatic heterocycles. The zero-order valence-electron chi connectivity index (χ0n) is 14.9. The van der Waals surface area contributed by atoms with E-state index >= 15 is 0 Å². The molecule has 134 valence electrons. The van der Waals surface area contributed by atoms with E-state index in [1.165, 1.54) is 22.7 Å². The Morgan fingerprint density at radius 2 is 2.04 bits per heavy atom. The van der Waals surface area contributed by atoms with E-state index in [1.54, 1.807) is 11.0 Å². The van der Waals surface area contributed by atoms with Gasteiger partial charge in [0.05, 0.1) is 16.4 Å². The number of anilines is 1. The summed E-state index contributed by atoms with van der Waals surface area (Å²) in [6.07, 6.45) is 3.64. The summed E-state index contributed by atoms with van der Waals surface area (Å²) in [5.41, 5.74) is 2.71. The normalized spacial score (nSPS) is 10.7. The molecule has 1 aromatic carbocycles. The number of benzene rings is 1. The maximum absolute atomic E-state index is 13.1. The number of aromatic nitrogens is 2. The minimum absolute atomic E-state index is 0.0591. The van der Waals surface area contributed by atoms with Crippen LogP contribution in [0.5, 0.6) is 0 Å². The van der Waals surface area contributed by atoms with Gasteiger partial charge in [0.1, 0.15) is 4.88 Å². The minimum Gasteiger partial charge on any atom is -0.279 e. The fourth-order valence-corrected chi connectivity index (χ4v) is 4.56. The lowest BCUT2D eigenvalue weighted by Crippen LogP contribution is -2.30. The highest BCUT2D eigenvalue weighted by Gasteiger charge is 2.24. The number of aryl methyl sites for hydroxylation is 2. The topological polar surface area (TPSA) is 46.1 Å². The van der Waals surface area contributed by atoms with Crippen molar-refractivity contribution < 1.29 is 4.79 Å². The third kappa shape index (κ3) is 3.92. The third-order valence-electron chi connectivity index (χ3n) is 3.85. The molecule has 4 nitrogen and oxygen atoms in total. The smallest absolute Gasteiger partial charge is 0.272 e. The Hall–Kier alpha value is -2.31. The number of nitrogens with zero attached hydrogens (tertiary/aromatic N) is 3. The highest BCUT2D eigenvalue weighted by molar-refractivity contribution is 7.15. The van der Waals surface area contributed by atoms with E-state index in [0.717, 1.165) is 34.8 Å². The second kappa shape index (κ2) is 8.38. The lowest BCUT2D eigenvalue weighted by Gasteiger charge is -2.17. The second-order valence-electron chi connectivity index (χ2n) is 5.86. The molecule has 2 heterocycles. The van der Waals surface area contributed by atoms with Gasteiger partial charge in [0.2, 0.25) is 0 Å². The van der Waals surface area contributed by atoms with Gasteiger partial charge in [-0.15, -0.1) is 29.3 Å². The van der Waals surface area contributed by atoms with Crippen LogP contribution in [0.15, 0.2) is 48.4 Å². The summed E-state index contributed by atoms with van der Waals surface area (Å²) in [4.78, 5) is 24.7. The monoisotopic (exact) mass is 383 g/mol. The molecule has 0 saturated heterocycles. The summed E-state index contributed by atoms with van der Waals surface area (Å²) in [5.74, 6) is -0.0591. The highest BCUT2D eigenvalue weighted by Crippen LogP contribution is 2.30. The molecular formula is C20H21N3OS2. The average Bonchev–Trinajstić information content (AvgIpc) is 3.27. The lowest BCUT2D eigenvalue weighted by molar-refractivity contribution is 0.0993. The number of hydrogen-bond donors (Lipinski definition) is 0. The van der Waals surface area contributed by atoms with Gasteiger partial charge in [-0.1, -0.05) is 43.3 Å². The molecule has 26 heavy (non-hydrogen) atoms. The number of amides is 1. The van der Waals surface area contributed by atoms with Gasteiger partial charge in [-0.2, -0.15) is 0 Å². The zero-order chi connectivity index (χ0) is 18.5. The van der Waals surface area contributed by atoms with E-state index < -0.39 is 0 Å². The minimum atomic E-state index is -0.0591. The van der Waals surface area contributed by atoms with Gasteiger partial charge >= 0.3 is 0 Å². The van der Waals surface area contributed by atoms with Crippen molar-refractivity contribution in [2.24, 2.45) is 0 Å². The molecule has 0 unspecified atom stereocenters. The first-order valence-electron chi connectivity index (χ1n) is 8.54. The second-order valence-corrected chi connectivity index (χ2v) is 7.78. The van der Waals surface area contributed by atoms with Crippen LogP contribution < -0.4 is 4.90 Å². The van der Waals surface area contributed by atoms with Gasteiger partial charge < -0.3 is 0 Å². The quantitative estimate of drug-likeness (QED) is 0.516. The molecule has 0 aliphatic carbocycles. The molecule has 6 heteroatoms. The molecule has 0 spiro atoms. The van der Waals surface area contributed by atoms with Crippen LogP contribution >= 0.6 is 22.7 Å². The van der Waals surface area contributed by atoms with Crippen molar-refractivity contribution in [3.63, 3.8) is 0 Å². The van der Waals surface area contributed by atoms with Gasteiger partial charge in [0, 0.05) is 17.5 Å². The van der Waals surface area contributed by atoms with Gasteiger partial charge in [-0.05, 0) is 19.8 Å². The Kier molecular flexibility index (Phi) is 5.96. The molecule has 0 atom stereocenters. The van der Waals surface area contributed by atoms with E-state index in [1.807, 2.05) is 42.6 Å². The van der Waals surface area contributed by atoms with E-state index in [0.29, 0.717) is 16.6 Å². The number of rotatable bonds is 7. The number of thiazole rings is 2. The SMILES string of the molecule is C=CCN(C(=O)c1sc(CCC)nc1C)c1nc(-c2ccccc2)cs1. The van der Waals surface area contributed by atoms with Gasteiger partial charge in [0.15, 0.2) is 5.13 Å². The Balaban J connectivity index is 1.91. The summed E-state index contributed by atoms with van der Waals surface area (Å²) < 4.78 is 0. The molecule has 0 saturated carbocycles. The van der Waals surface area contributed by atoms with Crippen LogP contribution in [0.25, 0.3) is 11.3 Å². The molecule has 3 aromatic rings. The van der Waals surface area contributed by atoms with Crippen LogP contribution in [0.4, 0.5) is 5.13 Å². The summed E-state index contributed by atoms with van der Waals surface area (Å²) in [6.45, 7) is 8.22. The molecule has 0 N–H and O–H groups in total. The van der Waals surface area contributed by atoms with Crippen molar-refractivity contribution in [1.82, 2.24) is 9.97 Å². The van der Waals surface area contributed by atoms with Crippen molar-refractivity contribution in [2.75, 3.05) is 11.4 Å². The van der Waals surface area contributed by atoms with E-state index in [2.05, 4.69) is 23.5 Å². The number of carbonyl (C=O) groups is 1. The summed E-state index contributed by atoms with van der Waals surface area (Å²) in [7, 11) is 0. The largest absolute Gasteiger partial charge is 0.279 e. The molecule has 1 amide bonds. The molecule has 0 aliphatic rings. The summed E-state index contributed by atoms with van der Waals surface area (Å²) in [5, 5.41) is 3.67.